The van der Waals surface area contributed by atoms with Crippen LogP contribution >= 0.6 is 0 Å². The molecule has 0 saturated carbocycles. The number of aromatic nitrogens is 3. The van der Waals surface area contributed by atoms with Crippen molar-refractivity contribution in [1.29, 1.82) is 0 Å². The maximum absolute atomic E-state index is 13.3. The van der Waals surface area contributed by atoms with Crippen LogP contribution in [0.3, 0.4) is 0 Å². The molecule has 3 rings (SSSR count). The third-order valence-corrected chi connectivity index (χ3v) is 4.65. The molecule has 1 aliphatic rings. The SMILES string of the molecule is CCc1cc(C(F)(F)F)n(-c2cccc(C3=C(CO)C(C)CC3)n2)n1. The van der Waals surface area contributed by atoms with Crippen molar-refractivity contribution >= 4 is 5.57 Å². The minimum atomic E-state index is -4.50. The van der Waals surface area contributed by atoms with Crippen molar-refractivity contribution in [1.82, 2.24) is 14.8 Å². The topological polar surface area (TPSA) is 50.9 Å². The van der Waals surface area contributed by atoms with Gasteiger partial charge in [-0.2, -0.15) is 18.3 Å². The summed E-state index contributed by atoms with van der Waals surface area (Å²) in [5, 5.41) is 13.6. The van der Waals surface area contributed by atoms with Gasteiger partial charge in [0.05, 0.1) is 18.0 Å². The smallest absolute Gasteiger partial charge is 0.392 e. The number of allylic oxidation sites excluding steroid dienone is 1. The molecular formula is C18H20F3N3O. The van der Waals surface area contributed by atoms with Gasteiger partial charge >= 0.3 is 6.18 Å². The van der Waals surface area contributed by atoms with E-state index in [1.54, 1.807) is 19.1 Å². The molecule has 1 aliphatic carbocycles. The van der Waals surface area contributed by atoms with Crippen LogP contribution in [0.2, 0.25) is 0 Å². The molecule has 0 fully saturated rings. The molecule has 1 N–H and O–H groups in total. The standard InChI is InChI=1S/C18H20F3N3O/c1-3-12-9-16(18(19,20)21)24(23-12)17-6-4-5-15(22-17)13-8-7-11(2)14(13)10-25/h4-6,9,11,25H,3,7-8,10H2,1-2H3. The van der Waals surface area contributed by atoms with Crippen LogP contribution in [-0.4, -0.2) is 26.5 Å². The first-order valence-corrected chi connectivity index (χ1v) is 8.31. The van der Waals surface area contributed by atoms with Crippen LogP contribution in [0, 0.1) is 5.92 Å². The Morgan fingerprint density at radius 1 is 1.32 bits per heavy atom. The van der Waals surface area contributed by atoms with E-state index in [0.29, 0.717) is 17.8 Å². The van der Waals surface area contributed by atoms with Gasteiger partial charge in [-0.05, 0) is 54.5 Å². The van der Waals surface area contributed by atoms with Crippen LogP contribution in [0.4, 0.5) is 13.2 Å². The van der Waals surface area contributed by atoms with Gasteiger partial charge in [-0.25, -0.2) is 9.67 Å². The minimum Gasteiger partial charge on any atom is -0.392 e. The van der Waals surface area contributed by atoms with Crippen LogP contribution in [0.5, 0.6) is 0 Å². The van der Waals surface area contributed by atoms with E-state index in [9.17, 15) is 18.3 Å². The zero-order valence-electron chi connectivity index (χ0n) is 14.1. The van der Waals surface area contributed by atoms with E-state index in [-0.39, 0.29) is 18.3 Å². The molecule has 2 aromatic heterocycles. The average Bonchev–Trinajstić information content (AvgIpc) is 3.18. The van der Waals surface area contributed by atoms with Gasteiger partial charge in [0.25, 0.3) is 0 Å². The maximum atomic E-state index is 13.3. The lowest BCUT2D eigenvalue weighted by molar-refractivity contribution is -0.142. The van der Waals surface area contributed by atoms with Gasteiger partial charge in [0.2, 0.25) is 0 Å². The summed E-state index contributed by atoms with van der Waals surface area (Å²) < 4.78 is 40.8. The lowest BCUT2D eigenvalue weighted by Crippen LogP contribution is -2.14. The number of aryl methyl sites for hydroxylation is 1. The molecule has 1 atom stereocenters. The zero-order chi connectivity index (χ0) is 18.2. The lowest BCUT2D eigenvalue weighted by Gasteiger charge is -2.12. The zero-order valence-corrected chi connectivity index (χ0v) is 14.1. The molecule has 134 valence electrons. The summed E-state index contributed by atoms with van der Waals surface area (Å²) >= 11 is 0. The highest BCUT2D eigenvalue weighted by Gasteiger charge is 2.36. The number of halogens is 3. The molecule has 0 bridgehead atoms. The van der Waals surface area contributed by atoms with Crippen molar-refractivity contribution in [2.24, 2.45) is 5.92 Å². The number of aliphatic hydroxyl groups excluding tert-OH is 1. The summed E-state index contributed by atoms with van der Waals surface area (Å²) in [6.45, 7) is 3.73. The van der Waals surface area contributed by atoms with E-state index in [0.717, 1.165) is 34.7 Å². The van der Waals surface area contributed by atoms with E-state index < -0.39 is 11.9 Å². The number of alkyl halides is 3. The molecule has 25 heavy (non-hydrogen) atoms. The second-order valence-corrected chi connectivity index (χ2v) is 6.27. The summed E-state index contributed by atoms with van der Waals surface area (Å²) in [7, 11) is 0. The molecule has 0 aromatic carbocycles. The van der Waals surface area contributed by atoms with Gasteiger partial charge in [0, 0.05) is 0 Å². The molecule has 1 unspecified atom stereocenters. The van der Waals surface area contributed by atoms with Crippen molar-refractivity contribution in [2.75, 3.05) is 6.61 Å². The minimum absolute atomic E-state index is 0.0576. The maximum Gasteiger partial charge on any atom is 0.433 e. The van der Waals surface area contributed by atoms with Crippen LogP contribution in [-0.2, 0) is 12.6 Å². The first kappa shape index (κ1) is 17.7. The van der Waals surface area contributed by atoms with Crippen molar-refractivity contribution in [2.45, 2.75) is 39.3 Å². The number of aliphatic hydroxyl groups is 1. The molecular weight excluding hydrogens is 331 g/mol. The largest absolute Gasteiger partial charge is 0.433 e. The fourth-order valence-electron chi connectivity index (χ4n) is 3.23. The van der Waals surface area contributed by atoms with Gasteiger partial charge in [0.15, 0.2) is 5.82 Å². The van der Waals surface area contributed by atoms with E-state index in [1.807, 2.05) is 6.92 Å². The molecule has 4 nitrogen and oxygen atoms in total. The number of nitrogens with zero attached hydrogens (tertiary/aromatic N) is 3. The Labute approximate surface area is 144 Å². The van der Waals surface area contributed by atoms with Crippen LogP contribution in [0.1, 0.15) is 43.8 Å². The van der Waals surface area contributed by atoms with Gasteiger partial charge in [-0.1, -0.05) is 19.9 Å². The highest BCUT2D eigenvalue weighted by Crippen LogP contribution is 2.37. The fraction of sp³-hybridized carbons (Fsp3) is 0.444. The molecule has 2 aromatic rings. The third kappa shape index (κ3) is 3.33. The fourth-order valence-corrected chi connectivity index (χ4v) is 3.23. The average molecular weight is 351 g/mol. The van der Waals surface area contributed by atoms with Crippen molar-refractivity contribution in [3.05, 3.63) is 46.9 Å². The molecule has 0 radical (unpaired) electrons. The Morgan fingerprint density at radius 2 is 2.08 bits per heavy atom. The summed E-state index contributed by atoms with van der Waals surface area (Å²) in [6.07, 6.45) is -2.42. The van der Waals surface area contributed by atoms with E-state index >= 15 is 0 Å². The van der Waals surface area contributed by atoms with Crippen molar-refractivity contribution in [3.63, 3.8) is 0 Å². The number of rotatable bonds is 4. The van der Waals surface area contributed by atoms with Crippen LogP contribution in [0.15, 0.2) is 29.8 Å². The van der Waals surface area contributed by atoms with E-state index in [1.165, 1.54) is 6.07 Å². The predicted molar refractivity (Wildman–Crippen MR) is 88.1 cm³/mol. The predicted octanol–water partition coefficient (Wildman–Crippen LogP) is 4.02. The quantitative estimate of drug-likeness (QED) is 0.905. The second-order valence-electron chi connectivity index (χ2n) is 6.27. The van der Waals surface area contributed by atoms with Crippen molar-refractivity contribution in [3.8, 4) is 5.82 Å². The molecule has 0 saturated heterocycles. The van der Waals surface area contributed by atoms with Gasteiger partial charge in [-0.3, -0.25) is 0 Å². The Morgan fingerprint density at radius 3 is 2.72 bits per heavy atom. The summed E-state index contributed by atoms with van der Waals surface area (Å²) in [5.41, 5.74) is 1.98. The highest BCUT2D eigenvalue weighted by molar-refractivity contribution is 5.69. The van der Waals surface area contributed by atoms with Crippen LogP contribution in [0.25, 0.3) is 11.4 Å². The normalized spacial score (nSPS) is 18.2. The summed E-state index contributed by atoms with van der Waals surface area (Å²) in [5.74, 6) is 0.390. The number of pyridine rings is 1. The summed E-state index contributed by atoms with van der Waals surface area (Å²) in [6, 6.07) is 6.02. The Hall–Kier alpha value is -2.15. The molecule has 7 heteroatoms. The monoisotopic (exact) mass is 351 g/mol. The molecule has 0 aliphatic heterocycles. The lowest BCUT2D eigenvalue weighted by atomic mass is 10.0. The molecule has 2 heterocycles. The number of hydrogen-bond acceptors (Lipinski definition) is 3. The second kappa shape index (κ2) is 6.63. The Kier molecular flexibility index (Phi) is 4.69. The first-order chi connectivity index (χ1) is 11.8. The first-order valence-electron chi connectivity index (χ1n) is 8.31. The van der Waals surface area contributed by atoms with E-state index in [2.05, 4.69) is 10.1 Å². The van der Waals surface area contributed by atoms with Crippen molar-refractivity contribution < 1.29 is 18.3 Å². The van der Waals surface area contributed by atoms with Gasteiger partial charge in [-0.15, -0.1) is 0 Å². The Balaban J connectivity index is 2.09. The van der Waals surface area contributed by atoms with E-state index in [4.69, 9.17) is 0 Å². The Bertz CT molecular complexity index is 808. The van der Waals surface area contributed by atoms with Crippen LogP contribution < -0.4 is 0 Å². The van der Waals surface area contributed by atoms with Gasteiger partial charge < -0.3 is 5.11 Å². The third-order valence-electron chi connectivity index (χ3n) is 4.65. The highest BCUT2D eigenvalue weighted by atomic mass is 19.4. The molecule has 0 spiro atoms. The van der Waals surface area contributed by atoms with Gasteiger partial charge in [0.1, 0.15) is 5.69 Å². The number of hydrogen-bond donors (Lipinski definition) is 1. The summed E-state index contributed by atoms with van der Waals surface area (Å²) in [4.78, 5) is 4.41. The molecule has 0 amide bonds.